The molecule has 1 aromatic heterocycles. The molecule has 1 aliphatic carbocycles. The topological polar surface area (TPSA) is 62.6 Å². The van der Waals surface area contributed by atoms with Crippen molar-refractivity contribution in [3.63, 3.8) is 0 Å². The average molecular weight is 379 g/mol. The largest absolute Gasteiger partial charge is 0.461 e. The number of hydrogen-bond acceptors (Lipinski definition) is 5. The van der Waals surface area contributed by atoms with Gasteiger partial charge in [0.2, 0.25) is 0 Å². The highest BCUT2D eigenvalue weighted by Gasteiger charge is 2.39. The zero-order valence-corrected chi connectivity index (χ0v) is 17.1. The van der Waals surface area contributed by atoms with Crippen molar-refractivity contribution in [1.82, 2.24) is 9.78 Å². The first-order valence-electron chi connectivity index (χ1n) is 10.6. The Bertz CT molecular complexity index is 622. The van der Waals surface area contributed by atoms with Gasteiger partial charge in [0, 0.05) is 36.4 Å². The predicted molar refractivity (Wildman–Crippen MR) is 103 cm³/mol. The van der Waals surface area contributed by atoms with E-state index < -0.39 is 0 Å². The maximum absolute atomic E-state index is 12.5. The maximum atomic E-state index is 12.5. The summed E-state index contributed by atoms with van der Waals surface area (Å²) in [5, 5.41) is 4.61. The molecule has 0 N–H and O–H groups in total. The standard InChI is InChI=1S/C21H34N2O4/c1-4-25-14-21(15-26-5-2)11-9-16(10-12-21)18-17-8-7-13-23(17)22-19(18)20(24)27-6-3/h16H,4-15H2,1-3H3. The van der Waals surface area contributed by atoms with Gasteiger partial charge in [-0.25, -0.2) is 4.79 Å². The van der Waals surface area contributed by atoms with E-state index in [4.69, 9.17) is 14.2 Å². The maximum Gasteiger partial charge on any atom is 0.359 e. The lowest BCUT2D eigenvalue weighted by Crippen LogP contribution is -2.36. The van der Waals surface area contributed by atoms with Crippen LogP contribution in [0.15, 0.2) is 0 Å². The lowest BCUT2D eigenvalue weighted by Gasteiger charge is -2.40. The molecule has 0 radical (unpaired) electrons. The van der Waals surface area contributed by atoms with Crippen LogP contribution in [0.3, 0.4) is 0 Å². The summed E-state index contributed by atoms with van der Waals surface area (Å²) in [6.45, 7) is 10.2. The quantitative estimate of drug-likeness (QED) is 0.613. The number of fused-ring (bicyclic) bond motifs is 1. The molecule has 0 spiro atoms. The second-order valence-corrected chi connectivity index (χ2v) is 7.80. The van der Waals surface area contributed by atoms with Gasteiger partial charge in [-0.2, -0.15) is 5.10 Å². The zero-order valence-electron chi connectivity index (χ0n) is 17.1. The number of aryl methyl sites for hydroxylation is 1. The summed E-state index contributed by atoms with van der Waals surface area (Å²) in [4.78, 5) is 12.5. The molecule has 2 aliphatic rings. The Kier molecular flexibility index (Phi) is 6.93. The van der Waals surface area contributed by atoms with Crippen LogP contribution in [0, 0.1) is 5.41 Å². The highest BCUT2D eigenvalue weighted by Crippen LogP contribution is 2.46. The molecule has 27 heavy (non-hydrogen) atoms. The fourth-order valence-corrected chi connectivity index (χ4v) is 4.62. The van der Waals surface area contributed by atoms with Gasteiger partial charge < -0.3 is 14.2 Å². The molecule has 0 amide bonds. The van der Waals surface area contributed by atoms with Crippen molar-refractivity contribution in [2.24, 2.45) is 5.41 Å². The third kappa shape index (κ3) is 4.37. The second kappa shape index (κ2) is 9.20. The van der Waals surface area contributed by atoms with E-state index in [1.54, 1.807) is 0 Å². The number of hydrogen-bond donors (Lipinski definition) is 0. The Labute approximate surface area is 162 Å². The minimum atomic E-state index is -0.269. The number of carbonyl (C=O) groups is 1. The molecule has 6 heteroatoms. The summed E-state index contributed by atoms with van der Waals surface area (Å²) in [6, 6.07) is 0. The summed E-state index contributed by atoms with van der Waals surface area (Å²) in [6.07, 6.45) is 6.34. The minimum absolute atomic E-state index is 0.100. The first-order chi connectivity index (χ1) is 13.1. The van der Waals surface area contributed by atoms with Crippen molar-refractivity contribution in [2.45, 2.75) is 71.8 Å². The Balaban J connectivity index is 1.78. The van der Waals surface area contributed by atoms with Crippen molar-refractivity contribution in [2.75, 3.05) is 33.0 Å². The molecule has 0 aromatic carbocycles. The molecule has 1 aromatic rings. The SMILES string of the molecule is CCOCC1(COCC)CCC(c2c(C(=O)OCC)nn3c2CCC3)CC1. The molecule has 3 rings (SSSR count). The first kappa shape index (κ1) is 20.3. The fourth-order valence-electron chi connectivity index (χ4n) is 4.62. The van der Waals surface area contributed by atoms with Crippen molar-refractivity contribution in [3.05, 3.63) is 17.0 Å². The van der Waals surface area contributed by atoms with Crippen molar-refractivity contribution in [3.8, 4) is 0 Å². The number of ether oxygens (including phenoxy) is 3. The Morgan fingerprint density at radius 3 is 2.37 bits per heavy atom. The van der Waals surface area contributed by atoms with Gasteiger partial charge in [0.1, 0.15) is 0 Å². The fraction of sp³-hybridized carbons (Fsp3) is 0.810. The van der Waals surface area contributed by atoms with Crippen molar-refractivity contribution >= 4 is 5.97 Å². The van der Waals surface area contributed by atoms with Gasteiger partial charge in [-0.15, -0.1) is 0 Å². The molecule has 2 heterocycles. The Morgan fingerprint density at radius 2 is 1.78 bits per heavy atom. The van der Waals surface area contributed by atoms with Gasteiger partial charge in [-0.1, -0.05) is 0 Å². The van der Waals surface area contributed by atoms with Gasteiger partial charge in [0.05, 0.1) is 19.8 Å². The molecule has 0 bridgehead atoms. The van der Waals surface area contributed by atoms with Crippen LogP contribution in [0.1, 0.15) is 80.5 Å². The number of nitrogens with zero attached hydrogens (tertiary/aromatic N) is 2. The molecule has 0 saturated heterocycles. The monoisotopic (exact) mass is 378 g/mol. The van der Waals surface area contributed by atoms with Crippen LogP contribution in [-0.2, 0) is 27.2 Å². The summed E-state index contributed by atoms with van der Waals surface area (Å²) >= 11 is 0. The van der Waals surface area contributed by atoms with Crippen molar-refractivity contribution < 1.29 is 19.0 Å². The number of rotatable bonds is 9. The van der Waals surface area contributed by atoms with Crippen LogP contribution < -0.4 is 0 Å². The predicted octanol–water partition coefficient (Wildman–Crippen LogP) is 3.72. The molecular weight excluding hydrogens is 344 g/mol. The van der Waals surface area contributed by atoms with Crippen molar-refractivity contribution in [1.29, 1.82) is 0 Å². The van der Waals surface area contributed by atoms with Crippen LogP contribution in [0.4, 0.5) is 0 Å². The van der Waals surface area contributed by atoms with E-state index in [1.807, 2.05) is 25.5 Å². The summed E-state index contributed by atoms with van der Waals surface area (Å²) < 4.78 is 18.9. The first-order valence-corrected chi connectivity index (χ1v) is 10.6. The van der Waals surface area contributed by atoms with Crippen LogP contribution in [0.5, 0.6) is 0 Å². The van der Waals surface area contributed by atoms with E-state index >= 15 is 0 Å². The van der Waals surface area contributed by atoms with Gasteiger partial charge >= 0.3 is 5.97 Å². The third-order valence-electron chi connectivity index (χ3n) is 6.03. The Morgan fingerprint density at radius 1 is 1.11 bits per heavy atom. The number of aromatic nitrogens is 2. The van der Waals surface area contributed by atoms with Crippen LogP contribution >= 0.6 is 0 Å². The normalized spacial score (nSPS) is 19.2. The smallest absolute Gasteiger partial charge is 0.359 e. The van der Waals surface area contributed by atoms with Gasteiger partial charge in [-0.3, -0.25) is 4.68 Å². The lowest BCUT2D eigenvalue weighted by molar-refractivity contribution is -0.0396. The molecule has 0 atom stereocenters. The van der Waals surface area contributed by atoms with Crippen LogP contribution in [0.2, 0.25) is 0 Å². The van der Waals surface area contributed by atoms with Crippen LogP contribution in [0.25, 0.3) is 0 Å². The molecule has 0 unspecified atom stereocenters. The van der Waals surface area contributed by atoms with E-state index in [1.165, 1.54) is 5.69 Å². The number of esters is 1. The van der Waals surface area contributed by atoms with E-state index in [0.717, 1.165) is 77.1 Å². The second-order valence-electron chi connectivity index (χ2n) is 7.80. The highest BCUT2D eigenvalue weighted by molar-refractivity contribution is 5.89. The summed E-state index contributed by atoms with van der Waals surface area (Å²) in [5.41, 5.74) is 3.07. The highest BCUT2D eigenvalue weighted by atomic mass is 16.5. The van der Waals surface area contributed by atoms with Gasteiger partial charge in [0.15, 0.2) is 5.69 Å². The average Bonchev–Trinajstić information content (AvgIpc) is 3.27. The third-order valence-corrected chi connectivity index (χ3v) is 6.03. The van der Waals surface area contributed by atoms with E-state index in [0.29, 0.717) is 18.2 Å². The molecule has 152 valence electrons. The molecular formula is C21H34N2O4. The van der Waals surface area contributed by atoms with E-state index in [9.17, 15) is 4.79 Å². The Hall–Kier alpha value is -1.40. The molecule has 1 saturated carbocycles. The summed E-state index contributed by atoms with van der Waals surface area (Å²) in [7, 11) is 0. The van der Waals surface area contributed by atoms with E-state index in [-0.39, 0.29) is 11.4 Å². The lowest BCUT2D eigenvalue weighted by atomic mass is 9.69. The van der Waals surface area contributed by atoms with Gasteiger partial charge in [-0.05, 0) is 65.2 Å². The zero-order chi connectivity index (χ0) is 19.3. The number of carbonyl (C=O) groups excluding carboxylic acids is 1. The van der Waals surface area contributed by atoms with Gasteiger partial charge in [0.25, 0.3) is 0 Å². The van der Waals surface area contributed by atoms with E-state index in [2.05, 4.69) is 5.10 Å². The molecule has 1 aliphatic heterocycles. The molecule has 6 nitrogen and oxygen atoms in total. The summed E-state index contributed by atoms with van der Waals surface area (Å²) in [5.74, 6) is 0.109. The minimum Gasteiger partial charge on any atom is -0.461 e. The molecule has 1 fully saturated rings. The van der Waals surface area contributed by atoms with Crippen LogP contribution in [-0.4, -0.2) is 48.8 Å².